The lowest BCUT2D eigenvalue weighted by molar-refractivity contribution is 0.0468. The van der Waals surface area contributed by atoms with Crippen LogP contribution in [0.15, 0.2) is 42.6 Å². The third-order valence-electron chi connectivity index (χ3n) is 3.39. The maximum Gasteiger partial charge on any atom is 0.338 e. The van der Waals surface area contributed by atoms with Crippen LogP contribution in [0.5, 0.6) is 0 Å². The van der Waals surface area contributed by atoms with Crippen molar-refractivity contribution in [1.29, 1.82) is 0 Å². The highest BCUT2D eigenvalue weighted by Gasteiger charge is 2.10. The molecule has 0 saturated heterocycles. The smallest absolute Gasteiger partial charge is 0.338 e. The van der Waals surface area contributed by atoms with E-state index in [-0.39, 0.29) is 6.61 Å². The largest absolute Gasteiger partial charge is 0.456 e. The van der Waals surface area contributed by atoms with Crippen LogP contribution < -0.4 is 0 Å². The van der Waals surface area contributed by atoms with Gasteiger partial charge in [0.25, 0.3) is 0 Å². The number of carbonyl (C=O) groups excluding carboxylic acids is 1. The van der Waals surface area contributed by atoms with E-state index in [0.29, 0.717) is 16.8 Å². The Morgan fingerprint density at radius 2 is 1.82 bits per heavy atom. The summed E-state index contributed by atoms with van der Waals surface area (Å²) in [5, 5.41) is 0. The topological polar surface area (TPSA) is 65.0 Å². The fraction of sp³-hybridized carbons (Fsp3) is 0.176. The molecule has 3 rings (SSSR count). The molecule has 5 heteroatoms. The zero-order chi connectivity index (χ0) is 15.5. The predicted octanol–water partition coefficient (Wildman–Crippen LogP) is 3.00. The van der Waals surface area contributed by atoms with Crippen molar-refractivity contribution in [3.8, 4) is 0 Å². The molecule has 0 aliphatic carbocycles. The van der Waals surface area contributed by atoms with E-state index >= 15 is 0 Å². The molecular formula is C17H15N3O2. The number of aromatic nitrogens is 3. The molecule has 0 bridgehead atoms. The van der Waals surface area contributed by atoms with Crippen LogP contribution in [0, 0.1) is 13.8 Å². The van der Waals surface area contributed by atoms with Crippen molar-refractivity contribution >= 4 is 17.0 Å². The number of carbonyl (C=O) groups is 1. The van der Waals surface area contributed by atoms with E-state index in [1.54, 1.807) is 24.4 Å². The first-order valence-electron chi connectivity index (χ1n) is 6.95. The molecular weight excluding hydrogens is 278 g/mol. The SMILES string of the molecule is Cc1nc2ccc(C(=O)OCc3ccccn3)cc2nc1C. The van der Waals surface area contributed by atoms with Crippen LogP contribution in [0.2, 0.25) is 0 Å². The number of ether oxygens (including phenoxy) is 1. The number of fused-ring (bicyclic) bond motifs is 1. The summed E-state index contributed by atoms with van der Waals surface area (Å²) in [6.07, 6.45) is 1.67. The normalized spacial score (nSPS) is 10.6. The van der Waals surface area contributed by atoms with Crippen molar-refractivity contribution in [2.75, 3.05) is 0 Å². The summed E-state index contributed by atoms with van der Waals surface area (Å²) in [5.41, 5.74) is 4.37. The summed E-state index contributed by atoms with van der Waals surface area (Å²) in [4.78, 5) is 25.1. The zero-order valence-corrected chi connectivity index (χ0v) is 12.4. The quantitative estimate of drug-likeness (QED) is 0.694. The molecule has 3 aromatic rings. The highest BCUT2D eigenvalue weighted by molar-refractivity contribution is 5.93. The van der Waals surface area contributed by atoms with Crippen molar-refractivity contribution < 1.29 is 9.53 Å². The zero-order valence-electron chi connectivity index (χ0n) is 12.4. The molecule has 0 fully saturated rings. The third-order valence-corrected chi connectivity index (χ3v) is 3.39. The second-order valence-corrected chi connectivity index (χ2v) is 5.00. The van der Waals surface area contributed by atoms with Crippen LogP contribution in [-0.2, 0) is 11.3 Å². The first kappa shape index (κ1) is 14.1. The Bertz CT molecular complexity index is 832. The molecule has 0 aliphatic rings. The Labute approximate surface area is 128 Å². The number of rotatable bonds is 3. The number of aryl methyl sites for hydroxylation is 2. The second-order valence-electron chi connectivity index (χ2n) is 5.00. The van der Waals surface area contributed by atoms with Crippen LogP contribution in [0.25, 0.3) is 11.0 Å². The Morgan fingerprint density at radius 1 is 1.05 bits per heavy atom. The molecule has 0 spiro atoms. The lowest BCUT2D eigenvalue weighted by Gasteiger charge is -2.06. The van der Waals surface area contributed by atoms with Gasteiger partial charge in [0.15, 0.2) is 0 Å². The van der Waals surface area contributed by atoms with E-state index in [4.69, 9.17) is 4.74 Å². The number of hydrogen-bond donors (Lipinski definition) is 0. The molecule has 5 nitrogen and oxygen atoms in total. The second kappa shape index (κ2) is 5.89. The number of esters is 1. The fourth-order valence-electron chi connectivity index (χ4n) is 2.06. The van der Waals surface area contributed by atoms with Crippen LogP contribution in [0.1, 0.15) is 27.4 Å². The van der Waals surface area contributed by atoms with Crippen molar-refractivity contribution in [3.63, 3.8) is 0 Å². The van der Waals surface area contributed by atoms with Gasteiger partial charge in [-0.3, -0.25) is 4.98 Å². The van der Waals surface area contributed by atoms with E-state index in [1.807, 2.05) is 32.0 Å². The van der Waals surface area contributed by atoms with Crippen molar-refractivity contribution in [2.24, 2.45) is 0 Å². The van der Waals surface area contributed by atoms with Gasteiger partial charge in [0, 0.05) is 6.20 Å². The Morgan fingerprint density at radius 3 is 2.55 bits per heavy atom. The average Bonchev–Trinajstić information content (AvgIpc) is 2.54. The maximum absolute atomic E-state index is 12.1. The van der Waals surface area contributed by atoms with Gasteiger partial charge in [-0.1, -0.05) is 6.07 Å². The van der Waals surface area contributed by atoms with Gasteiger partial charge in [-0.15, -0.1) is 0 Å². The molecule has 0 unspecified atom stereocenters. The molecule has 0 saturated carbocycles. The molecule has 22 heavy (non-hydrogen) atoms. The Kier molecular flexibility index (Phi) is 3.78. The first-order chi connectivity index (χ1) is 10.6. The van der Waals surface area contributed by atoms with Crippen LogP contribution >= 0.6 is 0 Å². The molecule has 110 valence electrons. The van der Waals surface area contributed by atoms with Gasteiger partial charge < -0.3 is 4.74 Å². The van der Waals surface area contributed by atoms with Crippen molar-refractivity contribution in [1.82, 2.24) is 15.0 Å². The third kappa shape index (κ3) is 2.93. The molecule has 0 radical (unpaired) electrons. The summed E-state index contributed by atoms with van der Waals surface area (Å²) in [5.74, 6) is -0.396. The Hall–Kier alpha value is -2.82. The number of benzene rings is 1. The van der Waals surface area contributed by atoms with Gasteiger partial charge in [0.2, 0.25) is 0 Å². The highest BCUT2D eigenvalue weighted by atomic mass is 16.5. The van der Waals surface area contributed by atoms with Gasteiger partial charge in [-0.05, 0) is 44.2 Å². The van der Waals surface area contributed by atoms with Crippen molar-refractivity contribution in [2.45, 2.75) is 20.5 Å². The summed E-state index contributed by atoms with van der Waals surface area (Å²) >= 11 is 0. The molecule has 0 aliphatic heterocycles. The van der Waals surface area contributed by atoms with E-state index in [1.165, 1.54) is 0 Å². The maximum atomic E-state index is 12.1. The van der Waals surface area contributed by atoms with Crippen LogP contribution in [0.3, 0.4) is 0 Å². The lowest BCUT2D eigenvalue weighted by atomic mass is 10.2. The van der Waals surface area contributed by atoms with Gasteiger partial charge in [0.1, 0.15) is 6.61 Å². The molecule has 2 aromatic heterocycles. The minimum Gasteiger partial charge on any atom is -0.456 e. The van der Waals surface area contributed by atoms with Crippen LogP contribution in [-0.4, -0.2) is 20.9 Å². The monoisotopic (exact) mass is 293 g/mol. The van der Waals surface area contributed by atoms with Crippen molar-refractivity contribution in [3.05, 3.63) is 65.2 Å². The predicted molar refractivity (Wildman–Crippen MR) is 82.4 cm³/mol. The van der Waals surface area contributed by atoms with Crippen LogP contribution in [0.4, 0.5) is 0 Å². The molecule has 0 N–H and O–H groups in total. The first-order valence-corrected chi connectivity index (χ1v) is 6.95. The molecule has 0 atom stereocenters. The molecule has 1 aromatic carbocycles. The minimum atomic E-state index is -0.396. The van der Waals surface area contributed by atoms with Gasteiger partial charge in [-0.2, -0.15) is 0 Å². The highest BCUT2D eigenvalue weighted by Crippen LogP contribution is 2.15. The van der Waals surface area contributed by atoms with Gasteiger partial charge >= 0.3 is 5.97 Å². The van der Waals surface area contributed by atoms with E-state index in [2.05, 4.69) is 15.0 Å². The summed E-state index contributed by atoms with van der Waals surface area (Å²) < 4.78 is 5.27. The number of hydrogen-bond acceptors (Lipinski definition) is 5. The molecule has 0 amide bonds. The summed E-state index contributed by atoms with van der Waals surface area (Å²) in [6.45, 7) is 3.96. The fourth-order valence-corrected chi connectivity index (χ4v) is 2.06. The average molecular weight is 293 g/mol. The van der Waals surface area contributed by atoms with Gasteiger partial charge in [-0.25, -0.2) is 14.8 Å². The summed E-state index contributed by atoms with van der Waals surface area (Å²) in [6, 6.07) is 10.7. The van der Waals surface area contributed by atoms with Gasteiger partial charge in [0.05, 0.1) is 33.7 Å². The minimum absolute atomic E-state index is 0.149. The lowest BCUT2D eigenvalue weighted by Crippen LogP contribution is -2.06. The molecule has 2 heterocycles. The standard InChI is InChI=1S/C17H15N3O2/c1-11-12(2)20-16-9-13(6-7-15(16)19-11)17(21)22-10-14-5-3-4-8-18-14/h3-9H,10H2,1-2H3. The van der Waals surface area contributed by atoms with E-state index < -0.39 is 5.97 Å². The Balaban J connectivity index is 1.80. The van der Waals surface area contributed by atoms with E-state index in [0.717, 1.165) is 16.9 Å². The number of nitrogens with zero attached hydrogens (tertiary/aromatic N) is 3. The number of pyridine rings is 1. The summed E-state index contributed by atoms with van der Waals surface area (Å²) in [7, 11) is 0. The van der Waals surface area contributed by atoms with E-state index in [9.17, 15) is 4.79 Å².